The van der Waals surface area contributed by atoms with Crippen molar-refractivity contribution in [3.63, 3.8) is 0 Å². The van der Waals surface area contributed by atoms with E-state index in [4.69, 9.17) is 0 Å². The summed E-state index contributed by atoms with van der Waals surface area (Å²) in [5.41, 5.74) is 2.49. The second-order valence-corrected chi connectivity index (χ2v) is 8.75. The lowest BCUT2D eigenvalue weighted by molar-refractivity contribution is -0.967. The van der Waals surface area contributed by atoms with E-state index in [0.29, 0.717) is 11.0 Å². The molecule has 1 heteroatoms. The molecular formula is C21H34N+. The van der Waals surface area contributed by atoms with Crippen LogP contribution in [0.25, 0.3) is 0 Å². The summed E-state index contributed by atoms with van der Waals surface area (Å²) < 4.78 is 0. The highest BCUT2D eigenvalue weighted by Gasteiger charge is 2.47. The molecule has 1 aromatic rings. The molecule has 2 aliphatic rings. The largest absolute Gasteiger partial charge is 0.326 e. The smallest absolute Gasteiger partial charge is 0.123 e. The lowest BCUT2D eigenvalue weighted by Crippen LogP contribution is -3.19. The summed E-state index contributed by atoms with van der Waals surface area (Å²) in [6.45, 7) is 10.1. The van der Waals surface area contributed by atoms with E-state index in [0.717, 1.165) is 5.92 Å². The second kappa shape index (κ2) is 6.35. The molecule has 0 radical (unpaired) electrons. The van der Waals surface area contributed by atoms with Gasteiger partial charge in [0.2, 0.25) is 0 Å². The van der Waals surface area contributed by atoms with E-state index in [1.54, 1.807) is 5.56 Å². The minimum atomic E-state index is 0.406. The number of hydrogen-bond donors (Lipinski definition) is 1. The number of benzene rings is 1. The molecule has 3 rings (SSSR count). The van der Waals surface area contributed by atoms with Gasteiger partial charge in [-0.05, 0) is 43.4 Å². The predicted octanol–water partition coefficient (Wildman–Crippen LogP) is 4.19. The SMILES string of the molecule is CC(C)(C)C1CCC(c2ccccc2)([NH+]2CCCCC2)CC1. The topological polar surface area (TPSA) is 4.44 Å². The molecule has 1 saturated heterocycles. The predicted molar refractivity (Wildman–Crippen MR) is 94.1 cm³/mol. The third-order valence-corrected chi connectivity index (χ3v) is 6.52. The van der Waals surface area contributed by atoms with E-state index >= 15 is 0 Å². The van der Waals surface area contributed by atoms with E-state index in [1.807, 2.05) is 4.90 Å². The first-order valence-electron chi connectivity index (χ1n) is 9.43. The molecule has 1 aliphatic carbocycles. The minimum absolute atomic E-state index is 0.406. The molecule has 0 spiro atoms. The quantitative estimate of drug-likeness (QED) is 0.835. The summed E-state index contributed by atoms with van der Waals surface area (Å²) in [5, 5.41) is 0. The Hall–Kier alpha value is -0.820. The highest BCUT2D eigenvalue weighted by molar-refractivity contribution is 5.23. The van der Waals surface area contributed by atoms with Gasteiger partial charge in [0.05, 0.1) is 13.1 Å². The van der Waals surface area contributed by atoms with Crippen LogP contribution < -0.4 is 4.90 Å². The van der Waals surface area contributed by atoms with Crippen LogP contribution in [0.4, 0.5) is 0 Å². The highest BCUT2D eigenvalue weighted by Crippen LogP contribution is 2.44. The summed E-state index contributed by atoms with van der Waals surface area (Å²) >= 11 is 0. The van der Waals surface area contributed by atoms with E-state index in [9.17, 15) is 0 Å². The molecule has 1 heterocycles. The van der Waals surface area contributed by atoms with Gasteiger partial charge in [-0.1, -0.05) is 51.1 Å². The van der Waals surface area contributed by atoms with Gasteiger partial charge in [0.25, 0.3) is 0 Å². The fourth-order valence-corrected chi connectivity index (χ4v) is 5.04. The first-order chi connectivity index (χ1) is 10.5. The van der Waals surface area contributed by atoms with Crippen molar-refractivity contribution in [2.75, 3.05) is 13.1 Å². The Balaban J connectivity index is 1.86. The van der Waals surface area contributed by atoms with Gasteiger partial charge in [-0.25, -0.2) is 0 Å². The van der Waals surface area contributed by atoms with Crippen molar-refractivity contribution < 1.29 is 4.90 Å². The van der Waals surface area contributed by atoms with Crippen LogP contribution in [-0.4, -0.2) is 13.1 Å². The van der Waals surface area contributed by atoms with Crippen LogP contribution >= 0.6 is 0 Å². The molecule has 1 aromatic carbocycles. The molecule has 0 amide bonds. The van der Waals surface area contributed by atoms with E-state index < -0.39 is 0 Å². The van der Waals surface area contributed by atoms with Crippen molar-refractivity contribution in [1.82, 2.24) is 0 Å². The normalized spacial score (nSPS) is 31.1. The molecule has 122 valence electrons. The van der Waals surface area contributed by atoms with Gasteiger partial charge in [-0.15, -0.1) is 0 Å². The van der Waals surface area contributed by atoms with Crippen molar-refractivity contribution >= 4 is 0 Å². The average molecular weight is 301 g/mol. The second-order valence-electron chi connectivity index (χ2n) is 8.75. The molecule has 2 fully saturated rings. The monoisotopic (exact) mass is 300 g/mol. The average Bonchev–Trinajstić information content (AvgIpc) is 2.56. The molecular weight excluding hydrogens is 266 g/mol. The molecule has 0 unspecified atom stereocenters. The molecule has 0 bridgehead atoms. The van der Waals surface area contributed by atoms with Gasteiger partial charge in [-0.3, -0.25) is 0 Å². The van der Waals surface area contributed by atoms with E-state index in [1.165, 1.54) is 58.0 Å². The summed E-state index contributed by atoms with van der Waals surface area (Å²) in [6.07, 6.45) is 9.87. The molecule has 1 N–H and O–H groups in total. The number of quaternary nitrogens is 1. The number of likely N-dealkylation sites (tertiary alicyclic amines) is 1. The minimum Gasteiger partial charge on any atom is -0.326 e. The van der Waals surface area contributed by atoms with Gasteiger partial charge in [-0.2, -0.15) is 0 Å². The highest BCUT2D eigenvalue weighted by atomic mass is 15.2. The third-order valence-electron chi connectivity index (χ3n) is 6.52. The van der Waals surface area contributed by atoms with Crippen LogP contribution in [0.2, 0.25) is 0 Å². The van der Waals surface area contributed by atoms with Crippen molar-refractivity contribution in [1.29, 1.82) is 0 Å². The Kier molecular flexibility index (Phi) is 4.64. The maximum atomic E-state index is 2.43. The van der Waals surface area contributed by atoms with Crippen LogP contribution in [0, 0.1) is 11.3 Å². The van der Waals surface area contributed by atoms with Crippen LogP contribution in [0.15, 0.2) is 30.3 Å². The molecule has 22 heavy (non-hydrogen) atoms. The number of nitrogens with one attached hydrogen (secondary N) is 1. The van der Waals surface area contributed by atoms with Crippen molar-refractivity contribution in [3.8, 4) is 0 Å². The Morgan fingerprint density at radius 3 is 2.05 bits per heavy atom. The van der Waals surface area contributed by atoms with Gasteiger partial charge < -0.3 is 4.90 Å². The molecule has 0 aromatic heterocycles. The zero-order valence-corrected chi connectivity index (χ0v) is 14.8. The van der Waals surface area contributed by atoms with Gasteiger partial charge in [0, 0.05) is 18.4 Å². The Morgan fingerprint density at radius 2 is 1.50 bits per heavy atom. The van der Waals surface area contributed by atoms with Crippen LogP contribution in [0.3, 0.4) is 0 Å². The summed E-state index contributed by atoms with van der Waals surface area (Å²) in [4.78, 5) is 1.89. The zero-order valence-electron chi connectivity index (χ0n) is 14.8. The summed E-state index contributed by atoms with van der Waals surface area (Å²) in [7, 11) is 0. The van der Waals surface area contributed by atoms with Crippen molar-refractivity contribution in [2.45, 2.75) is 71.3 Å². The Bertz CT molecular complexity index is 456. The third kappa shape index (κ3) is 3.11. The molecule has 1 nitrogen and oxygen atoms in total. The fourth-order valence-electron chi connectivity index (χ4n) is 5.04. The van der Waals surface area contributed by atoms with Crippen LogP contribution in [0.1, 0.15) is 71.3 Å². The maximum absolute atomic E-state index is 2.43. The molecule has 1 aliphatic heterocycles. The van der Waals surface area contributed by atoms with Crippen LogP contribution in [-0.2, 0) is 5.54 Å². The standard InChI is InChI=1S/C21H33N/c1-20(2,3)18-12-14-21(15-13-18,19-10-6-4-7-11-19)22-16-8-5-9-17-22/h4,6-7,10-11,18H,5,8-9,12-17H2,1-3H3/p+1. The van der Waals surface area contributed by atoms with Crippen molar-refractivity contribution in [2.24, 2.45) is 11.3 Å². The van der Waals surface area contributed by atoms with Crippen molar-refractivity contribution in [3.05, 3.63) is 35.9 Å². The summed E-state index contributed by atoms with van der Waals surface area (Å²) in [6, 6.07) is 11.5. The fraction of sp³-hybridized carbons (Fsp3) is 0.714. The Morgan fingerprint density at radius 1 is 0.909 bits per heavy atom. The van der Waals surface area contributed by atoms with Crippen LogP contribution in [0.5, 0.6) is 0 Å². The molecule has 0 atom stereocenters. The van der Waals surface area contributed by atoms with E-state index in [2.05, 4.69) is 51.1 Å². The van der Waals surface area contributed by atoms with E-state index in [-0.39, 0.29) is 0 Å². The first kappa shape index (κ1) is 16.1. The molecule has 1 saturated carbocycles. The lowest BCUT2D eigenvalue weighted by Gasteiger charge is -2.49. The van der Waals surface area contributed by atoms with Gasteiger partial charge in [0.15, 0.2) is 0 Å². The summed E-state index contributed by atoms with van der Waals surface area (Å²) in [5.74, 6) is 0.897. The van der Waals surface area contributed by atoms with Gasteiger partial charge in [0.1, 0.15) is 5.54 Å². The number of piperidine rings is 1. The van der Waals surface area contributed by atoms with Gasteiger partial charge >= 0.3 is 0 Å². The number of rotatable bonds is 2. The maximum Gasteiger partial charge on any atom is 0.123 e. The lowest BCUT2D eigenvalue weighted by atomic mass is 9.64. The zero-order chi connectivity index (χ0) is 15.6. The Labute approximate surface area is 137 Å². The number of hydrogen-bond acceptors (Lipinski definition) is 0. The first-order valence-corrected chi connectivity index (χ1v) is 9.43.